The Labute approximate surface area is 192 Å². The first-order chi connectivity index (χ1) is 15.5. The molecule has 5 aromatic rings. The van der Waals surface area contributed by atoms with Crippen molar-refractivity contribution in [3.63, 3.8) is 0 Å². The first-order valence-corrected chi connectivity index (χ1v) is 11.7. The molecular formula is C22H19N7OS2. The molecule has 0 N–H and O–H groups in total. The van der Waals surface area contributed by atoms with E-state index in [0.29, 0.717) is 27.4 Å². The molecular weight excluding hydrogens is 442 g/mol. The molecule has 0 radical (unpaired) electrons. The fraction of sp³-hybridized carbons (Fsp3) is 0.182. The summed E-state index contributed by atoms with van der Waals surface area (Å²) in [5, 5.41) is 14.6. The largest absolute Gasteiger partial charge is 0.275 e. The van der Waals surface area contributed by atoms with E-state index in [9.17, 15) is 4.79 Å². The monoisotopic (exact) mass is 461 g/mol. The first kappa shape index (κ1) is 20.5. The second-order valence-electron chi connectivity index (χ2n) is 7.34. The van der Waals surface area contributed by atoms with Gasteiger partial charge in [-0.3, -0.25) is 14.3 Å². The average molecular weight is 462 g/mol. The third kappa shape index (κ3) is 3.82. The Morgan fingerprint density at radius 3 is 2.72 bits per heavy atom. The maximum atomic E-state index is 12.4. The zero-order valence-electron chi connectivity index (χ0n) is 17.7. The normalized spacial score (nSPS) is 11.3. The zero-order chi connectivity index (χ0) is 22.2. The van der Waals surface area contributed by atoms with Crippen molar-refractivity contribution in [2.24, 2.45) is 0 Å². The second kappa shape index (κ2) is 8.29. The predicted octanol–water partition coefficient (Wildman–Crippen LogP) is 4.01. The number of aromatic nitrogens is 7. The van der Waals surface area contributed by atoms with Crippen molar-refractivity contribution in [3.05, 3.63) is 80.8 Å². The smallest absolute Gasteiger partial charge is 0.268 e. The predicted molar refractivity (Wildman–Crippen MR) is 125 cm³/mol. The fourth-order valence-electron chi connectivity index (χ4n) is 3.46. The van der Waals surface area contributed by atoms with Crippen LogP contribution in [0.2, 0.25) is 0 Å². The van der Waals surface area contributed by atoms with E-state index in [1.165, 1.54) is 39.2 Å². The van der Waals surface area contributed by atoms with E-state index < -0.39 is 0 Å². The minimum atomic E-state index is -0.181. The molecule has 4 aromatic heterocycles. The third-order valence-corrected chi connectivity index (χ3v) is 6.66. The summed E-state index contributed by atoms with van der Waals surface area (Å²) < 4.78 is 3.36. The van der Waals surface area contributed by atoms with Crippen molar-refractivity contribution >= 4 is 28.1 Å². The van der Waals surface area contributed by atoms with Crippen LogP contribution in [0, 0.1) is 20.8 Å². The van der Waals surface area contributed by atoms with E-state index in [-0.39, 0.29) is 5.56 Å². The molecule has 4 heterocycles. The van der Waals surface area contributed by atoms with Gasteiger partial charge in [0, 0.05) is 18.0 Å². The van der Waals surface area contributed by atoms with Crippen molar-refractivity contribution in [2.75, 3.05) is 0 Å². The number of benzene rings is 1. The molecule has 0 atom stereocenters. The SMILES string of the molecule is Cc1ccc(-n2c(SCc3cc(=O)n4nc(C)sc4n3)nnc2-c2ccccn2)c(C)c1. The molecule has 0 aliphatic rings. The molecule has 0 spiro atoms. The molecule has 0 unspecified atom stereocenters. The minimum Gasteiger partial charge on any atom is -0.268 e. The van der Waals surface area contributed by atoms with E-state index in [0.717, 1.165) is 22.0 Å². The van der Waals surface area contributed by atoms with Crippen LogP contribution in [-0.2, 0) is 5.75 Å². The number of hydrogen-bond donors (Lipinski definition) is 0. The molecule has 160 valence electrons. The van der Waals surface area contributed by atoms with Gasteiger partial charge in [0.25, 0.3) is 5.56 Å². The molecule has 32 heavy (non-hydrogen) atoms. The Bertz CT molecular complexity index is 1490. The molecule has 0 aliphatic carbocycles. The molecule has 1 aromatic carbocycles. The van der Waals surface area contributed by atoms with Gasteiger partial charge in [0.1, 0.15) is 10.7 Å². The Kier molecular flexibility index (Phi) is 5.32. The maximum Gasteiger partial charge on any atom is 0.275 e. The minimum absolute atomic E-state index is 0.181. The number of nitrogens with zero attached hydrogens (tertiary/aromatic N) is 7. The summed E-state index contributed by atoms with van der Waals surface area (Å²) in [6.45, 7) is 6.00. The van der Waals surface area contributed by atoms with Gasteiger partial charge in [0.05, 0.1) is 11.4 Å². The summed E-state index contributed by atoms with van der Waals surface area (Å²) in [5.41, 5.74) is 4.53. The lowest BCUT2D eigenvalue weighted by atomic mass is 10.1. The van der Waals surface area contributed by atoms with E-state index in [1.54, 1.807) is 6.20 Å². The van der Waals surface area contributed by atoms with Gasteiger partial charge < -0.3 is 0 Å². The summed E-state index contributed by atoms with van der Waals surface area (Å²) in [6.07, 6.45) is 1.74. The highest BCUT2D eigenvalue weighted by atomic mass is 32.2. The van der Waals surface area contributed by atoms with Crippen LogP contribution < -0.4 is 5.56 Å². The Morgan fingerprint density at radius 1 is 1.06 bits per heavy atom. The number of pyridine rings is 1. The van der Waals surface area contributed by atoms with Crippen LogP contribution in [0.1, 0.15) is 21.8 Å². The van der Waals surface area contributed by atoms with Gasteiger partial charge in [0.15, 0.2) is 11.0 Å². The summed E-state index contributed by atoms with van der Waals surface area (Å²) in [5.74, 6) is 1.15. The number of rotatable bonds is 5. The fourth-order valence-corrected chi connectivity index (χ4v) is 5.07. The van der Waals surface area contributed by atoms with Crippen LogP contribution >= 0.6 is 23.1 Å². The van der Waals surface area contributed by atoms with Crippen molar-refractivity contribution < 1.29 is 0 Å². The van der Waals surface area contributed by atoms with Gasteiger partial charge in [-0.25, -0.2) is 4.98 Å². The van der Waals surface area contributed by atoms with E-state index in [1.807, 2.05) is 29.7 Å². The van der Waals surface area contributed by atoms with Crippen molar-refractivity contribution in [1.82, 2.24) is 34.3 Å². The molecule has 10 heteroatoms. The van der Waals surface area contributed by atoms with Gasteiger partial charge in [0.2, 0.25) is 4.96 Å². The molecule has 5 rings (SSSR count). The summed E-state index contributed by atoms with van der Waals surface area (Å²) in [4.78, 5) is 22.1. The maximum absolute atomic E-state index is 12.4. The Morgan fingerprint density at radius 2 is 1.94 bits per heavy atom. The summed E-state index contributed by atoms with van der Waals surface area (Å²) >= 11 is 2.88. The lowest BCUT2D eigenvalue weighted by molar-refractivity contribution is 0.866. The van der Waals surface area contributed by atoms with Crippen LogP contribution in [0.3, 0.4) is 0 Å². The van der Waals surface area contributed by atoms with E-state index in [2.05, 4.69) is 57.3 Å². The molecule has 0 bridgehead atoms. The highest BCUT2D eigenvalue weighted by molar-refractivity contribution is 7.98. The number of fused-ring (bicyclic) bond motifs is 1. The van der Waals surface area contributed by atoms with Crippen molar-refractivity contribution in [2.45, 2.75) is 31.7 Å². The number of aryl methyl sites for hydroxylation is 3. The van der Waals surface area contributed by atoms with Gasteiger partial charge in [-0.2, -0.15) is 9.61 Å². The Hall–Kier alpha value is -3.37. The molecule has 0 aliphatic heterocycles. The first-order valence-electron chi connectivity index (χ1n) is 9.93. The highest BCUT2D eigenvalue weighted by Gasteiger charge is 2.19. The highest BCUT2D eigenvalue weighted by Crippen LogP contribution is 2.30. The van der Waals surface area contributed by atoms with Gasteiger partial charge in [-0.05, 0) is 44.5 Å². The second-order valence-corrected chi connectivity index (χ2v) is 9.44. The van der Waals surface area contributed by atoms with Crippen molar-refractivity contribution in [3.8, 4) is 17.2 Å². The lowest BCUT2D eigenvalue weighted by Gasteiger charge is -2.13. The van der Waals surface area contributed by atoms with E-state index >= 15 is 0 Å². The summed E-state index contributed by atoms with van der Waals surface area (Å²) in [7, 11) is 0. The average Bonchev–Trinajstić information content (AvgIpc) is 3.36. The summed E-state index contributed by atoms with van der Waals surface area (Å²) in [6, 6.07) is 13.5. The Balaban J connectivity index is 1.55. The lowest BCUT2D eigenvalue weighted by Crippen LogP contribution is -2.15. The van der Waals surface area contributed by atoms with Crippen LogP contribution in [0.4, 0.5) is 0 Å². The molecule has 8 nitrogen and oxygen atoms in total. The quantitative estimate of drug-likeness (QED) is 0.365. The standard InChI is InChI=1S/C22H19N7OS2/c1-13-7-8-18(14(2)10-13)28-20(17-6-4-5-9-23-17)25-26-22(28)31-12-16-11-19(30)29-21(24-16)32-15(3)27-29/h4-11H,12H2,1-3H3. The van der Waals surface area contributed by atoms with E-state index in [4.69, 9.17) is 0 Å². The number of thioether (sulfide) groups is 1. The van der Waals surface area contributed by atoms with Crippen LogP contribution in [0.25, 0.3) is 22.2 Å². The van der Waals surface area contributed by atoms with Crippen molar-refractivity contribution in [1.29, 1.82) is 0 Å². The van der Waals surface area contributed by atoms with Crippen LogP contribution in [0.15, 0.2) is 58.6 Å². The molecule has 0 saturated carbocycles. The third-order valence-electron chi connectivity index (χ3n) is 4.87. The topological polar surface area (TPSA) is 90.9 Å². The molecule has 0 fully saturated rings. The molecule has 0 amide bonds. The zero-order valence-corrected chi connectivity index (χ0v) is 19.3. The number of hydrogen-bond acceptors (Lipinski definition) is 8. The van der Waals surface area contributed by atoms with Gasteiger partial charge in [-0.15, -0.1) is 10.2 Å². The van der Waals surface area contributed by atoms with Crippen LogP contribution in [0.5, 0.6) is 0 Å². The van der Waals surface area contributed by atoms with Gasteiger partial charge >= 0.3 is 0 Å². The molecule has 0 saturated heterocycles. The van der Waals surface area contributed by atoms with Gasteiger partial charge in [-0.1, -0.05) is 46.9 Å². The van der Waals surface area contributed by atoms with Crippen LogP contribution in [-0.4, -0.2) is 34.3 Å².